The molecule has 1 aromatic heterocycles. The molecule has 3 amide bonds. The van der Waals surface area contributed by atoms with Gasteiger partial charge in [0.15, 0.2) is 0 Å². The first-order valence-corrected chi connectivity index (χ1v) is 14.2. The van der Waals surface area contributed by atoms with E-state index >= 15 is 0 Å². The number of anilines is 1. The topological polar surface area (TPSA) is 77.7 Å². The molecule has 7 nitrogen and oxygen atoms in total. The van der Waals surface area contributed by atoms with E-state index in [9.17, 15) is 22.8 Å². The summed E-state index contributed by atoms with van der Waals surface area (Å²) in [4.78, 5) is 33.2. The van der Waals surface area contributed by atoms with Crippen LogP contribution in [0.15, 0.2) is 83.5 Å². The Labute approximate surface area is 250 Å². The van der Waals surface area contributed by atoms with Gasteiger partial charge in [0.2, 0.25) is 5.91 Å². The molecule has 222 valence electrons. The number of fused-ring (bicyclic) bond motifs is 1. The molecule has 0 saturated carbocycles. The van der Waals surface area contributed by atoms with Crippen molar-refractivity contribution in [2.45, 2.75) is 25.6 Å². The molecular formula is C31H32BrF3N4O3. The number of halogens is 4. The van der Waals surface area contributed by atoms with Gasteiger partial charge in [-0.15, -0.1) is 0 Å². The number of alkyl halides is 3. The monoisotopic (exact) mass is 644 g/mol. The first-order chi connectivity index (χ1) is 20.2. The van der Waals surface area contributed by atoms with E-state index in [4.69, 9.17) is 4.74 Å². The van der Waals surface area contributed by atoms with Gasteiger partial charge in [-0.05, 0) is 70.2 Å². The Kier molecular flexibility index (Phi) is 10.6. The zero-order chi connectivity index (χ0) is 30.1. The average molecular weight is 646 g/mol. The van der Waals surface area contributed by atoms with Crippen molar-refractivity contribution < 1.29 is 27.5 Å². The summed E-state index contributed by atoms with van der Waals surface area (Å²) in [5.74, 6) is -0.325. The van der Waals surface area contributed by atoms with Crippen molar-refractivity contribution in [3.8, 4) is 0 Å². The number of para-hydroxylation sites is 2. The van der Waals surface area contributed by atoms with Gasteiger partial charge in [-0.1, -0.05) is 42.5 Å². The van der Waals surface area contributed by atoms with Crippen molar-refractivity contribution in [3.63, 3.8) is 0 Å². The van der Waals surface area contributed by atoms with Gasteiger partial charge in [0.25, 0.3) is 0 Å². The second-order valence-electron chi connectivity index (χ2n) is 9.80. The van der Waals surface area contributed by atoms with Gasteiger partial charge in [-0.3, -0.25) is 4.79 Å². The number of benzene rings is 3. The Hall–Kier alpha value is -3.83. The number of hydrogen-bond donors (Lipinski definition) is 2. The first-order valence-electron chi connectivity index (χ1n) is 13.4. The highest BCUT2D eigenvalue weighted by molar-refractivity contribution is 9.10. The summed E-state index contributed by atoms with van der Waals surface area (Å²) < 4.78 is 45.2. The summed E-state index contributed by atoms with van der Waals surface area (Å²) in [5.41, 5.74) is 2.35. The number of nitrogens with zero attached hydrogens (tertiary/aromatic N) is 2. The van der Waals surface area contributed by atoms with Crippen molar-refractivity contribution in [3.05, 3.63) is 100 Å². The van der Waals surface area contributed by atoms with Crippen LogP contribution in [0, 0.1) is 0 Å². The maximum absolute atomic E-state index is 13.7. The van der Waals surface area contributed by atoms with Gasteiger partial charge in [0, 0.05) is 54.9 Å². The van der Waals surface area contributed by atoms with Gasteiger partial charge in [-0.2, -0.15) is 13.2 Å². The number of urea groups is 1. The zero-order valence-corrected chi connectivity index (χ0v) is 24.7. The minimum absolute atomic E-state index is 0.0943. The smallest absolute Gasteiger partial charge is 0.385 e. The van der Waals surface area contributed by atoms with E-state index in [0.29, 0.717) is 41.7 Å². The normalized spacial score (nSPS) is 11.5. The second kappa shape index (κ2) is 14.4. The van der Waals surface area contributed by atoms with Crippen LogP contribution in [0.1, 0.15) is 23.1 Å². The number of nitrogens with one attached hydrogen (secondary N) is 2. The quantitative estimate of drug-likeness (QED) is 0.162. The van der Waals surface area contributed by atoms with Crippen molar-refractivity contribution >= 4 is 44.5 Å². The minimum Gasteiger partial charge on any atom is -0.385 e. The first kappa shape index (κ1) is 31.1. The maximum atomic E-state index is 13.7. The Morgan fingerprint density at radius 1 is 0.952 bits per heavy atom. The van der Waals surface area contributed by atoms with Gasteiger partial charge < -0.3 is 24.8 Å². The Balaban J connectivity index is 1.54. The highest BCUT2D eigenvalue weighted by Crippen LogP contribution is 2.29. The fraction of sp³-hybridized carbons (Fsp3) is 0.290. The van der Waals surface area contributed by atoms with E-state index in [2.05, 4.69) is 26.2 Å². The zero-order valence-electron chi connectivity index (χ0n) is 23.1. The van der Waals surface area contributed by atoms with E-state index in [1.165, 1.54) is 17.0 Å². The lowest BCUT2D eigenvalue weighted by Crippen LogP contribution is -2.45. The van der Waals surface area contributed by atoms with E-state index in [-0.39, 0.29) is 25.5 Å². The Morgan fingerprint density at radius 2 is 1.67 bits per heavy atom. The second-order valence-corrected chi connectivity index (χ2v) is 10.7. The fourth-order valence-electron chi connectivity index (χ4n) is 4.58. The van der Waals surface area contributed by atoms with Crippen molar-refractivity contribution in [1.82, 2.24) is 14.8 Å². The highest BCUT2D eigenvalue weighted by Gasteiger charge is 2.30. The molecular weight excluding hydrogens is 613 g/mol. The number of H-pyrrole nitrogens is 1. The summed E-state index contributed by atoms with van der Waals surface area (Å²) in [6.45, 7) is 0.861. The third kappa shape index (κ3) is 8.36. The molecule has 3 aromatic carbocycles. The van der Waals surface area contributed by atoms with Crippen LogP contribution < -0.4 is 5.32 Å². The summed E-state index contributed by atoms with van der Waals surface area (Å²) in [5, 5.41) is 3.88. The van der Waals surface area contributed by atoms with Gasteiger partial charge >= 0.3 is 12.2 Å². The molecule has 0 radical (unpaired) electrons. The van der Waals surface area contributed by atoms with Crippen LogP contribution in [0.5, 0.6) is 0 Å². The number of carbonyl (C=O) groups excluding carboxylic acids is 2. The predicted octanol–water partition coefficient (Wildman–Crippen LogP) is 7.09. The van der Waals surface area contributed by atoms with Crippen LogP contribution in [0.2, 0.25) is 0 Å². The molecule has 4 aromatic rings. The molecule has 1 heterocycles. The van der Waals surface area contributed by atoms with Crippen LogP contribution in [-0.4, -0.2) is 60.1 Å². The highest BCUT2D eigenvalue weighted by atomic mass is 79.9. The van der Waals surface area contributed by atoms with Crippen LogP contribution in [0.3, 0.4) is 0 Å². The molecule has 2 N–H and O–H groups in total. The Morgan fingerprint density at radius 3 is 2.38 bits per heavy atom. The van der Waals surface area contributed by atoms with Crippen molar-refractivity contribution in [2.75, 3.05) is 38.7 Å². The van der Waals surface area contributed by atoms with Gasteiger partial charge in [-0.25, -0.2) is 4.79 Å². The molecule has 0 atom stereocenters. The van der Waals surface area contributed by atoms with E-state index in [1.807, 2.05) is 36.5 Å². The molecule has 0 saturated heterocycles. The molecule has 0 aliphatic carbocycles. The SMILES string of the molecule is COCCCN(CC(=O)N(CCc1c[nH]c2ccccc12)Cc1ccc(C(F)(F)F)cc1)C(=O)Nc1ccccc1Br. The number of rotatable bonds is 12. The van der Waals surface area contributed by atoms with Gasteiger partial charge in [0.05, 0.1) is 11.3 Å². The summed E-state index contributed by atoms with van der Waals surface area (Å²) in [6.07, 6.45) is -1.52. The van der Waals surface area contributed by atoms with Crippen LogP contribution in [0.4, 0.5) is 23.7 Å². The molecule has 0 fully saturated rings. The molecule has 0 aliphatic heterocycles. The van der Waals surface area contributed by atoms with Gasteiger partial charge in [0.1, 0.15) is 6.54 Å². The summed E-state index contributed by atoms with van der Waals surface area (Å²) in [7, 11) is 1.56. The number of aromatic nitrogens is 1. The van der Waals surface area contributed by atoms with E-state index in [0.717, 1.165) is 28.6 Å². The number of aromatic amines is 1. The molecule has 11 heteroatoms. The third-order valence-corrected chi connectivity index (χ3v) is 7.53. The molecule has 4 rings (SSSR count). The molecule has 0 spiro atoms. The molecule has 0 bridgehead atoms. The summed E-state index contributed by atoms with van der Waals surface area (Å²) >= 11 is 3.42. The lowest BCUT2D eigenvalue weighted by atomic mass is 10.1. The van der Waals surface area contributed by atoms with E-state index in [1.54, 1.807) is 30.2 Å². The minimum atomic E-state index is -4.45. The predicted molar refractivity (Wildman–Crippen MR) is 160 cm³/mol. The number of hydrogen-bond acceptors (Lipinski definition) is 3. The van der Waals surface area contributed by atoms with E-state index < -0.39 is 17.8 Å². The maximum Gasteiger partial charge on any atom is 0.416 e. The number of amides is 3. The molecule has 0 aliphatic rings. The summed E-state index contributed by atoms with van der Waals surface area (Å²) in [6, 6.07) is 19.3. The molecule has 0 unspecified atom stereocenters. The van der Waals surface area contributed by atoms with Crippen LogP contribution >= 0.6 is 15.9 Å². The molecule has 42 heavy (non-hydrogen) atoms. The standard InChI is InChI=1S/C31H32BrF3N4O3/c1-42-18-6-16-39(30(41)37-28-10-5-3-8-26(28)32)21-29(40)38(20-22-11-13-24(14-12-22)31(33,34)35)17-15-23-19-36-27-9-4-2-7-25(23)27/h2-5,7-14,19,36H,6,15-18,20-21H2,1H3,(H,37,41). The largest absolute Gasteiger partial charge is 0.416 e. The van der Waals surface area contributed by atoms with Crippen LogP contribution in [-0.2, 0) is 28.7 Å². The van der Waals surface area contributed by atoms with Crippen molar-refractivity contribution in [1.29, 1.82) is 0 Å². The van der Waals surface area contributed by atoms with Crippen molar-refractivity contribution in [2.24, 2.45) is 0 Å². The Bertz CT molecular complexity index is 1490. The number of ether oxygens (including phenoxy) is 1. The lowest BCUT2D eigenvalue weighted by Gasteiger charge is -2.28. The number of methoxy groups -OCH3 is 1. The lowest BCUT2D eigenvalue weighted by molar-refractivity contribution is -0.137. The fourth-order valence-corrected chi connectivity index (χ4v) is 4.96. The average Bonchev–Trinajstić information content (AvgIpc) is 3.38. The number of carbonyl (C=O) groups is 2. The van der Waals surface area contributed by atoms with Crippen LogP contribution in [0.25, 0.3) is 10.9 Å². The third-order valence-electron chi connectivity index (χ3n) is 6.84.